The van der Waals surface area contributed by atoms with E-state index in [2.05, 4.69) is 24.4 Å². The van der Waals surface area contributed by atoms with Crippen LogP contribution < -0.4 is 10.1 Å². The molecule has 0 amide bonds. The Balaban J connectivity index is 2.39. The summed E-state index contributed by atoms with van der Waals surface area (Å²) >= 11 is 0. The zero-order chi connectivity index (χ0) is 13.2. The van der Waals surface area contributed by atoms with Gasteiger partial charge >= 0.3 is 0 Å². The van der Waals surface area contributed by atoms with Crippen molar-refractivity contribution in [1.29, 1.82) is 0 Å². The van der Waals surface area contributed by atoms with E-state index in [1.807, 2.05) is 12.1 Å². The van der Waals surface area contributed by atoms with Gasteiger partial charge in [0.2, 0.25) is 0 Å². The third kappa shape index (κ3) is 5.07. The summed E-state index contributed by atoms with van der Waals surface area (Å²) in [5, 5.41) is 12.3. The number of nitrogens with one attached hydrogen (secondary N) is 1. The van der Waals surface area contributed by atoms with Gasteiger partial charge in [-0.15, -0.1) is 0 Å². The molecule has 1 unspecified atom stereocenters. The molecule has 0 aliphatic carbocycles. The van der Waals surface area contributed by atoms with E-state index in [0.29, 0.717) is 12.6 Å². The maximum Gasteiger partial charge on any atom is 0.118 e. The number of hydrogen-bond donors (Lipinski definition) is 2. The largest absolute Gasteiger partial charge is 0.497 e. The summed E-state index contributed by atoms with van der Waals surface area (Å²) in [6.45, 7) is 3.50. The predicted octanol–water partition coefficient (Wildman–Crippen LogP) is 2.90. The highest BCUT2D eigenvalue weighted by molar-refractivity contribution is 5.29. The van der Waals surface area contributed by atoms with Crippen LogP contribution in [0.5, 0.6) is 5.75 Å². The molecule has 0 saturated carbocycles. The number of benzene rings is 1. The highest BCUT2D eigenvalue weighted by atomic mass is 16.5. The van der Waals surface area contributed by atoms with Crippen LogP contribution in [0.3, 0.4) is 0 Å². The summed E-state index contributed by atoms with van der Waals surface area (Å²) < 4.78 is 5.16. The van der Waals surface area contributed by atoms with Gasteiger partial charge in [-0.3, -0.25) is 0 Å². The fourth-order valence-corrected chi connectivity index (χ4v) is 2.02. The first-order valence-electron chi connectivity index (χ1n) is 6.80. The minimum atomic E-state index is 0.301. The Hall–Kier alpha value is -1.06. The van der Waals surface area contributed by atoms with Crippen molar-refractivity contribution in [3.8, 4) is 5.75 Å². The summed E-state index contributed by atoms with van der Waals surface area (Å²) in [7, 11) is 1.69. The van der Waals surface area contributed by atoms with Crippen LogP contribution in [0.4, 0.5) is 0 Å². The number of methoxy groups -OCH3 is 1. The number of hydrogen-bond acceptors (Lipinski definition) is 3. The van der Waals surface area contributed by atoms with Crippen LogP contribution in [-0.4, -0.2) is 25.4 Å². The van der Waals surface area contributed by atoms with Gasteiger partial charge in [0.1, 0.15) is 5.75 Å². The van der Waals surface area contributed by atoms with E-state index in [9.17, 15) is 0 Å². The molecule has 0 aromatic heterocycles. The third-order valence-electron chi connectivity index (χ3n) is 3.15. The number of aliphatic hydroxyl groups is 1. The molecule has 1 rings (SSSR count). The molecule has 1 aromatic rings. The summed E-state index contributed by atoms with van der Waals surface area (Å²) in [6.07, 6.45) is 4.18. The van der Waals surface area contributed by atoms with E-state index < -0.39 is 0 Å². The Kier molecular flexibility index (Phi) is 7.46. The molecule has 2 N–H and O–H groups in total. The maximum absolute atomic E-state index is 8.72. The van der Waals surface area contributed by atoms with Gasteiger partial charge in [-0.1, -0.05) is 19.1 Å². The second-order valence-corrected chi connectivity index (χ2v) is 4.47. The van der Waals surface area contributed by atoms with Crippen molar-refractivity contribution in [1.82, 2.24) is 5.32 Å². The quantitative estimate of drug-likeness (QED) is 0.663. The van der Waals surface area contributed by atoms with Gasteiger partial charge in [0.05, 0.1) is 7.11 Å². The standard InChI is InChI=1S/C15H25NO2/c1-3-15(16-11-5-4-6-12-17)13-7-9-14(18-2)10-8-13/h7-10,15-17H,3-6,11-12H2,1-2H3. The van der Waals surface area contributed by atoms with Gasteiger partial charge in [0.25, 0.3) is 0 Å². The van der Waals surface area contributed by atoms with Gasteiger partial charge in [-0.2, -0.15) is 0 Å². The molecular formula is C15H25NO2. The first-order valence-corrected chi connectivity index (χ1v) is 6.80. The molecular weight excluding hydrogens is 226 g/mol. The third-order valence-corrected chi connectivity index (χ3v) is 3.15. The van der Waals surface area contributed by atoms with Crippen LogP contribution in [0, 0.1) is 0 Å². The van der Waals surface area contributed by atoms with Gasteiger partial charge in [-0.05, 0) is 49.9 Å². The zero-order valence-electron chi connectivity index (χ0n) is 11.5. The van der Waals surface area contributed by atoms with Crippen molar-refractivity contribution in [3.63, 3.8) is 0 Å². The predicted molar refractivity (Wildman–Crippen MR) is 75.0 cm³/mol. The van der Waals surface area contributed by atoms with Gasteiger partial charge in [0, 0.05) is 12.6 Å². The Morgan fingerprint density at radius 1 is 1.17 bits per heavy atom. The van der Waals surface area contributed by atoms with E-state index in [-0.39, 0.29) is 0 Å². The fraction of sp³-hybridized carbons (Fsp3) is 0.600. The lowest BCUT2D eigenvalue weighted by Crippen LogP contribution is -2.21. The van der Waals surface area contributed by atoms with E-state index in [1.54, 1.807) is 7.11 Å². The number of aliphatic hydroxyl groups excluding tert-OH is 1. The van der Waals surface area contributed by atoms with Gasteiger partial charge in [-0.25, -0.2) is 0 Å². The molecule has 18 heavy (non-hydrogen) atoms. The highest BCUT2D eigenvalue weighted by Gasteiger charge is 2.07. The van der Waals surface area contributed by atoms with E-state index in [0.717, 1.165) is 38.0 Å². The Morgan fingerprint density at radius 3 is 2.44 bits per heavy atom. The lowest BCUT2D eigenvalue weighted by atomic mass is 10.0. The average Bonchev–Trinajstić information content (AvgIpc) is 2.43. The van der Waals surface area contributed by atoms with Crippen molar-refractivity contribution in [2.75, 3.05) is 20.3 Å². The Morgan fingerprint density at radius 2 is 1.89 bits per heavy atom. The molecule has 0 bridgehead atoms. The molecule has 0 radical (unpaired) electrons. The minimum absolute atomic E-state index is 0.301. The second-order valence-electron chi connectivity index (χ2n) is 4.47. The molecule has 3 nitrogen and oxygen atoms in total. The fourth-order valence-electron chi connectivity index (χ4n) is 2.02. The molecule has 0 saturated heterocycles. The molecule has 3 heteroatoms. The molecule has 0 heterocycles. The van der Waals surface area contributed by atoms with Crippen LogP contribution in [0.2, 0.25) is 0 Å². The molecule has 102 valence electrons. The van der Waals surface area contributed by atoms with Crippen LogP contribution in [0.15, 0.2) is 24.3 Å². The topological polar surface area (TPSA) is 41.5 Å². The Labute approximate surface area is 110 Å². The molecule has 0 spiro atoms. The summed E-state index contributed by atoms with van der Waals surface area (Å²) in [6, 6.07) is 8.66. The van der Waals surface area contributed by atoms with E-state index >= 15 is 0 Å². The summed E-state index contributed by atoms with van der Waals surface area (Å²) in [4.78, 5) is 0. The van der Waals surface area contributed by atoms with Crippen molar-refractivity contribution >= 4 is 0 Å². The van der Waals surface area contributed by atoms with Gasteiger partial charge in [0.15, 0.2) is 0 Å². The molecule has 0 aliphatic rings. The van der Waals surface area contributed by atoms with Crippen molar-refractivity contribution in [3.05, 3.63) is 29.8 Å². The molecule has 1 atom stereocenters. The molecule has 1 aromatic carbocycles. The number of rotatable bonds is 9. The maximum atomic E-state index is 8.72. The first-order chi connectivity index (χ1) is 8.81. The SMILES string of the molecule is CCC(NCCCCCO)c1ccc(OC)cc1. The zero-order valence-corrected chi connectivity index (χ0v) is 11.5. The Bertz CT molecular complexity index is 311. The molecule has 0 fully saturated rings. The van der Waals surface area contributed by atoms with E-state index in [1.165, 1.54) is 5.56 Å². The smallest absolute Gasteiger partial charge is 0.118 e. The van der Waals surface area contributed by atoms with Crippen molar-refractivity contribution in [2.45, 2.75) is 38.6 Å². The average molecular weight is 251 g/mol. The van der Waals surface area contributed by atoms with Crippen LogP contribution in [0.25, 0.3) is 0 Å². The normalized spacial score (nSPS) is 12.4. The van der Waals surface area contributed by atoms with Crippen LogP contribution in [-0.2, 0) is 0 Å². The van der Waals surface area contributed by atoms with Gasteiger partial charge < -0.3 is 15.2 Å². The lowest BCUT2D eigenvalue weighted by Gasteiger charge is -2.17. The summed E-state index contributed by atoms with van der Waals surface area (Å²) in [5.74, 6) is 0.900. The van der Waals surface area contributed by atoms with Crippen molar-refractivity contribution in [2.24, 2.45) is 0 Å². The van der Waals surface area contributed by atoms with Crippen molar-refractivity contribution < 1.29 is 9.84 Å². The monoisotopic (exact) mass is 251 g/mol. The molecule has 0 aliphatic heterocycles. The first kappa shape index (κ1) is 15.0. The minimum Gasteiger partial charge on any atom is -0.497 e. The van der Waals surface area contributed by atoms with E-state index in [4.69, 9.17) is 9.84 Å². The number of unbranched alkanes of at least 4 members (excludes halogenated alkanes) is 2. The highest BCUT2D eigenvalue weighted by Crippen LogP contribution is 2.20. The van der Waals surface area contributed by atoms with Crippen LogP contribution in [0.1, 0.15) is 44.2 Å². The second kappa shape index (κ2) is 8.95. The lowest BCUT2D eigenvalue weighted by molar-refractivity contribution is 0.282. The number of ether oxygens (including phenoxy) is 1. The van der Waals surface area contributed by atoms with Crippen LogP contribution >= 0.6 is 0 Å². The summed E-state index contributed by atoms with van der Waals surface area (Å²) in [5.41, 5.74) is 1.31.